The third kappa shape index (κ3) is 8.52. The van der Waals surface area contributed by atoms with Crippen molar-refractivity contribution in [3.8, 4) is 0 Å². The first-order valence-electron chi connectivity index (χ1n) is 9.28. The molecule has 0 spiro atoms. The van der Waals surface area contributed by atoms with Crippen molar-refractivity contribution in [1.82, 2.24) is 0 Å². The molecule has 0 nitrogen and oxygen atoms in total. The normalized spacial score (nSPS) is 23.5. The highest BCUT2D eigenvalue weighted by atomic mass is 14.3. The summed E-state index contributed by atoms with van der Waals surface area (Å²) >= 11 is 0. The molecule has 0 heteroatoms. The van der Waals surface area contributed by atoms with Crippen LogP contribution >= 0.6 is 0 Å². The Morgan fingerprint density at radius 1 is 0.962 bits per heavy atom. The molecular formula is C26H46. The van der Waals surface area contributed by atoms with Crippen LogP contribution in [0.1, 0.15) is 76.7 Å². The molecule has 0 saturated heterocycles. The van der Waals surface area contributed by atoms with E-state index in [1.807, 2.05) is 34.6 Å². The Hall–Kier alpha value is -1.82. The Kier molecular flexibility index (Phi) is 23.9. The van der Waals surface area contributed by atoms with Crippen molar-refractivity contribution in [2.24, 2.45) is 5.92 Å². The van der Waals surface area contributed by atoms with Crippen molar-refractivity contribution in [1.29, 1.82) is 0 Å². The summed E-state index contributed by atoms with van der Waals surface area (Å²) in [6.45, 7) is 23.9. The maximum atomic E-state index is 4.00. The highest BCUT2D eigenvalue weighted by Gasteiger charge is 2.28. The van der Waals surface area contributed by atoms with E-state index in [2.05, 4.69) is 70.4 Å². The van der Waals surface area contributed by atoms with E-state index in [0.717, 1.165) is 6.42 Å². The quantitative estimate of drug-likeness (QED) is 0.431. The van der Waals surface area contributed by atoms with Gasteiger partial charge in [-0.05, 0) is 49.5 Å². The number of hydrogen-bond donors (Lipinski definition) is 0. The second-order valence-electron chi connectivity index (χ2n) is 5.05. The van der Waals surface area contributed by atoms with E-state index in [-0.39, 0.29) is 14.9 Å². The molecule has 26 heavy (non-hydrogen) atoms. The fraction of sp³-hybridized carbons (Fsp3) is 0.462. The van der Waals surface area contributed by atoms with Gasteiger partial charge >= 0.3 is 0 Å². The van der Waals surface area contributed by atoms with Crippen molar-refractivity contribution in [3.63, 3.8) is 0 Å². The zero-order valence-electron chi connectivity index (χ0n) is 17.2. The van der Waals surface area contributed by atoms with Crippen LogP contribution in [0, 0.1) is 5.92 Å². The summed E-state index contributed by atoms with van der Waals surface area (Å²) in [5.74, 6) is 0.396. The van der Waals surface area contributed by atoms with E-state index in [1.54, 1.807) is 6.08 Å². The topological polar surface area (TPSA) is 0 Å². The van der Waals surface area contributed by atoms with Gasteiger partial charge in [0.25, 0.3) is 0 Å². The Morgan fingerprint density at radius 3 is 1.88 bits per heavy atom. The van der Waals surface area contributed by atoms with E-state index < -0.39 is 0 Å². The molecule has 2 aliphatic rings. The van der Waals surface area contributed by atoms with Gasteiger partial charge in [0.2, 0.25) is 0 Å². The summed E-state index contributed by atoms with van der Waals surface area (Å²) in [6.07, 6.45) is 15.7. The Bertz CT molecular complexity index is 530. The van der Waals surface area contributed by atoms with Gasteiger partial charge in [-0.2, -0.15) is 0 Å². The van der Waals surface area contributed by atoms with E-state index in [4.69, 9.17) is 0 Å². The van der Waals surface area contributed by atoms with E-state index in [0.29, 0.717) is 5.92 Å². The lowest BCUT2D eigenvalue weighted by Gasteiger charge is -2.15. The molecule has 0 aromatic carbocycles. The minimum absolute atomic E-state index is 0. The van der Waals surface area contributed by atoms with Gasteiger partial charge in [0.1, 0.15) is 0 Å². The van der Waals surface area contributed by atoms with Gasteiger partial charge in [-0.25, -0.2) is 0 Å². The molecule has 0 aromatic rings. The molecule has 0 N–H and O–H groups in total. The average Bonchev–Trinajstić information content (AvgIpc) is 2.83. The summed E-state index contributed by atoms with van der Waals surface area (Å²) in [4.78, 5) is 0. The van der Waals surface area contributed by atoms with Gasteiger partial charge in [-0.15, -0.1) is 13.2 Å². The van der Waals surface area contributed by atoms with Gasteiger partial charge in [-0.1, -0.05) is 97.6 Å². The minimum atomic E-state index is 0. The molecule has 0 bridgehead atoms. The fourth-order valence-corrected chi connectivity index (χ4v) is 2.70. The second-order valence-corrected chi connectivity index (χ2v) is 5.05. The first-order valence-corrected chi connectivity index (χ1v) is 9.28. The van der Waals surface area contributed by atoms with Crippen LogP contribution in [0.4, 0.5) is 0 Å². The number of allylic oxidation sites excluding steroid dienone is 12. The maximum absolute atomic E-state index is 4.00. The van der Waals surface area contributed by atoms with E-state index in [1.165, 1.54) is 27.9 Å². The highest BCUT2D eigenvalue weighted by molar-refractivity contribution is 5.63. The lowest BCUT2D eigenvalue weighted by atomic mass is 9.89. The lowest BCUT2D eigenvalue weighted by molar-refractivity contribution is 0.919. The first-order chi connectivity index (χ1) is 11.6. The molecule has 0 aliphatic heterocycles. The van der Waals surface area contributed by atoms with Crippen LogP contribution in [0.25, 0.3) is 0 Å². The molecule has 0 fully saturated rings. The van der Waals surface area contributed by atoms with Crippen molar-refractivity contribution in [2.75, 3.05) is 0 Å². The molecule has 2 aliphatic carbocycles. The maximum Gasteiger partial charge on any atom is 0.0237 e. The first kappa shape index (κ1) is 31.9. The molecule has 150 valence electrons. The van der Waals surface area contributed by atoms with Crippen LogP contribution in [0.2, 0.25) is 0 Å². The largest absolute Gasteiger partial charge is 0.103 e. The standard InChI is InChI=1S/C17H20.C3H6.2C2H6.2CH4/c1-5-14-10-8-7-9-11-16-13(4)12(3)15(6-2)17(14)16;1-3-2;2*1-2;;/h6-11,15H,2,5H2,1,3-4H3;3H,1H2,2H3;2*1-2H3;2*1H4/b8-7?,9-7-,10-8-,11-9?,14-10?,16-11-,17-14-;;;;;. The van der Waals surface area contributed by atoms with Crippen LogP contribution in [0.15, 0.2) is 83.6 Å². The minimum Gasteiger partial charge on any atom is -0.103 e. The van der Waals surface area contributed by atoms with Gasteiger partial charge in [0.05, 0.1) is 0 Å². The molecule has 0 heterocycles. The van der Waals surface area contributed by atoms with E-state index >= 15 is 0 Å². The molecule has 0 amide bonds. The van der Waals surface area contributed by atoms with Crippen LogP contribution in [0.5, 0.6) is 0 Å². The Balaban J connectivity index is -0.000000239. The molecule has 1 unspecified atom stereocenters. The van der Waals surface area contributed by atoms with Gasteiger partial charge in [-0.3, -0.25) is 0 Å². The zero-order chi connectivity index (χ0) is 19.1. The molecule has 2 rings (SSSR count). The van der Waals surface area contributed by atoms with Gasteiger partial charge < -0.3 is 0 Å². The number of rotatable bonds is 2. The van der Waals surface area contributed by atoms with Gasteiger partial charge in [0, 0.05) is 5.92 Å². The predicted molar refractivity (Wildman–Crippen MR) is 128 cm³/mol. The average molecular weight is 359 g/mol. The highest BCUT2D eigenvalue weighted by Crippen LogP contribution is 2.44. The summed E-state index contributed by atoms with van der Waals surface area (Å²) in [5.41, 5.74) is 7.14. The Labute approximate surface area is 166 Å². The van der Waals surface area contributed by atoms with Crippen LogP contribution < -0.4 is 0 Å². The fourth-order valence-electron chi connectivity index (χ4n) is 2.70. The number of fused-ring (bicyclic) bond motifs is 1. The van der Waals surface area contributed by atoms with E-state index in [9.17, 15) is 0 Å². The monoisotopic (exact) mass is 358 g/mol. The number of hydrogen-bond acceptors (Lipinski definition) is 0. The smallest absolute Gasteiger partial charge is 0.0237 e. The van der Waals surface area contributed by atoms with Crippen LogP contribution in [-0.2, 0) is 0 Å². The van der Waals surface area contributed by atoms with Crippen molar-refractivity contribution in [3.05, 3.63) is 83.6 Å². The third-order valence-corrected chi connectivity index (χ3v) is 3.81. The van der Waals surface area contributed by atoms with Crippen LogP contribution in [-0.4, -0.2) is 0 Å². The Morgan fingerprint density at radius 2 is 1.46 bits per heavy atom. The van der Waals surface area contributed by atoms with Crippen molar-refractivity contribution >= 4 is 0 Å². The van der Waals surface area contributed by atoms with Gasteiger partial charge in [0.15, 0.2) is 0 Å². The zero-order valence-corrected chi connectivity index (χ0v) is 17.2. The molecule has 1 atom stereocenters. The van der Waals surface area contributed by atoms with Crippen LogP contribution in [0.3, 0.4) is 0 Å². The summed E-state index contributed by atoms with van der Waals surface area (Å²) in [5, 5.41) is 0. The summed E-state index contributed by atoms with van der Waals surface area (Å²) in [7, 11) is 0. The third-order valence-electron chi connectivity index (χ3n) is 3.81. The summed E-state index contributed by atoms with van der Waals surface area (Å²) in [6, 6.07) is 0. The molecule has 0 radical (unpaired) electrons. The van der Waals surface area contributed by atoms with Crippen molar-refractivity contribution in [2.45, 2.75) is 76.7 Å². The second kappa shape index (κ2) is 19.5. The summed E-state index contributed by atoms with van der Waals surface area (Å²) < 4.78 is 0. The SMILES string of the molecule is C.C.C=CC.C=CC1C(C)=C(C)C2=C/C=C\C=C/C(CC)=C\21.CC.CC. The molecule has 0 saturated carbocycles. The molecular weight excluding hydrogens is 312 g/mol. The predicted octanol–water partition coefficient (Wildman–Crippen LogP) is 9.41. The lowest BCUT2D eigenvalue weighted by Crippen LogP contribution is -2.01. The van der Waals surface area contributed by atoms with Crippen molar-refractivity contribution < 1.29 is 0 Å². The molecule has 0 aromatic heterocycles.